The third-order valence-electron chi connectivity index (χ3n) is 5.39. The first-order valence-corrected chi connectivity index (χ1v) is 11.0. The Morgan fingerprint density at radius 1 is 0.400 bits per heavy atom. The van der Waals surface area contributed by atoms with E-state index >= 15 is 0 Å². The Labute approximate surface area is 242 Å². The predicted octanol–water partition coefficient (Wildman–Crippen LogP) is 8.41. The molecule has 0 aliphatic rings. The molecule has 0 N–H and O–H groups in total. The van der Waals surface area contributed by atoms with Gasteiger partial charge < -0.3 is 30.3 Å². The molecule has 0 heterocycles. The first-order chi connectivity index (χ1) is 15.8. The molecule has 6 rings (SSSR count). The molecule has 0 aliphatic heterocycles. The Morgan fingerprint density at radius 2 is 0.629 bits per heavy atom. The summed E-state index contributed by atoms with van der Waals surface area (Å²) >= 11 is 0. The normalized spacial score (nSPS) is 9.17. The molecule has 0 fully saturated rings. The maximum Gasteiger partial charge on any atom is 0 e. The average molecular weight is 582 g/mol. The quantitative estimate of drug-likeness (QED) is 0.145. The van der Waals surface area contributed by atoms with Crippen molar-refractivity contribution in [1.82, 2.24) is 0 Å². The minimum absolute atomic E-state index is 0. The van der Waals surface area contributed by atoms with Gasteiger partial charge in [-0.2, -0.15) is 89.5 Å². The molecular weight excluding hydrogens is 552 g/mol. The van der Waals surface area contributed by atoms with Crippen molar-refractivity contribution >= 4 is 0 Å². The molecule has 35 heavy (non-hydrogen) atoms. The summed E-state index contributed by atoms with van der Waals surface area (Å²) in [4.78, 5) is 0. The minimum atomic E-state index is -0.0312. The van der Waals surface area contributed by atoms with E-state index in [1.807, 2.05) is 91.0 Å². The average Bonchev–Trinajstić information content (AvgIpc) is 3.74. The second-order valence-electron chi connectivity index (χ2n) is 7.53. The third kappa shape index (κ3) is 10.4. The Kier molecular flexibility index (Phi) is 17.7. The van der Waals surface area contributed by atoms with Crippen molar-refractivity contribution < 1.29 is 51.2 Å². The van der Waals surface area contributed by atoms with Gasteiger partial charge in [-0.3, -0.25) is 0 Å². The molecule has 0 aromatic heterocycles. The molecule has 0 nitrogen and oxygen atoms in total. The van der Waals surface area contributed by atoms with Crippen LogP contribution in [0.4, 0.5) is 0 Å². The monoisotopic (exact) mass is 582 g/mol. The summed E-state index contributed by atoms with van der Waals surface area (Å²) in [6.45, 7) is 2.30. The number of hydrogen-bond donors (Lipinski definition) is 0. The van der Waals surface area contributed by atoms with E-state index in [4.69, 9.17) is 0 Å². The van der Waals surface area contributed by atoms with Gasteiger partial charge in [-0.25, -0.2) is 60.7 Å². The molecule has 0 atom stereocenters. The van der Waals surface area contributed by atoms with Crippen molar-refractivity contribution in [3.05, 3.63) is 180 Å². The van der Waals surface area contributed by atoms with Gasteiger partial charge >= 0.3 is 0 Å². The maximum absolute atomic E-state index is 2.30. The van der Waals surface area contributed by atoms with Gasteiger partial charge in [0.25, 0.3) is 0 Å². The van der Waals surface area contributed by atoms with Crippen LogP contribution < -0.4 is 0 Å². The van der Waals surface area contributed by atoms with Gasteiger partial charge in [-0.15, -0.1) is 0 Å². The summed E-state index contributed by atoms with van der Waals surface area (Å²) in [5.41, 5.74) is 4.04. The zero-order valence-electron chi connectivity index (χ0n) is 19.6. The summed E-state index contributed by atoms with van der Waals surface area (Å²) in [6, 6.07) is 55.9. The van der Waals surface area contributed by atoms with Gasteiger partial charge in [-0.1, -0.05) is 12.3 Å². The molecule has 0 spiro atoms. The van der Waals surface area contributed by atoms with E-state index in [1.165, 1.54) is 16.7 Å². The van der Waals surface area contributed by atoms with Crippen molar-refractivity contribution in [3.63, 3.8) is 0 Å². The van der Waals surface area contributed by atoms with Crippen LogP contribution >= 0.6 is 0 Å². The standard InChI is InChI=1S/C17H15.3C5H5.3Fe/c1-17(14-8-2-3-9-14,15-10-4-5-11-15)16-12-6-7-13-16;3*1-2-4-5-3-1;;;/h2-13H,1H3;3*1-5H;;;/q-3;-5;2*-1;;;. The summed E-state index contributed by atoms with van der Waals surface area (Å²) < 4.78 is 0. The first kappa shape index (κ1) is 32.7. The van der Waals surface area contributed by atoms with E-state index in [2.05, 4.69) is 79.7 Å². The smallest absolute Gasteiger partial charge is 0 e. The fourth-order valence-corrected chi connectivity index (χ4v) is 3.58. The van der Waals surface area contributed by atoms with Crippen molar-refractivity contribution in [1.29, 1.82) is 0 Å². The second-order valence-corrected chi connectivity index (χ2v) is 7.53. The van der Waals surface area contributed by atoms with Gasteiger partial charge in [0.1, 0.15) is 0 Å². The summed E-state index contributed by atoms with van der Waals surface area (Å²) in [5, 5.41) is 0. The number of hydrogen-bond acceptors (Lipinski definition) is 0. The van der Waals surface area contributed by atoms with Crippen molar-refractivity contribution in [2.24, 2.45) is 0 Å². The molecule has 0 bridgehead atoms. The van der Waals surface area contributed by atoms with Crippen LogP contribution in [0.3, 0.4) is 0 Å². The summed E-state index contributed by atoms with van der Waals surface area (Å²) in [7, 11) is 0. The van der Waals surface area contributed by atoms with Crippen LogP contribution in [-0.4, -0.2) is 0 Å². The van der Waals surface area contributed by atoms with Crippen LogP contribution in [0.25, 0.3) is 0 Å². The maximum atomic E-state index is 2.30. The van der Waals surface area contributed by atoms with Crippen LogP contribution in [0.2, 0.25) is 0 Å². The largest absolute Gasteiger partial charge is 0.748 e. The van der Waals surface area contributed by atoms with Crippen LogP contribution in [-0.2, 0) is 56.6 Å². The zero-order chi connectivity index (χ0) is 22.3. The summed E-state index contributed by atoms with van der Waals surface area (Å²) in [5.74, 6) is 0. The summed E-state index contributed by atoms with van der Waals surface area (Å²) in [6.07, 6.45) is 0. The Bertz CT molecular complexity index is 894. The van der Waals surface area contributed by atoms with Gasteiger partial charge in [0.15, 0.2) is 0 Å². The van der Waals surface area contributed by atoms with E-state index in [0.717, 1.165) is 0 Å². The number of rotatable bonds is 3. The predicted molar refractivity (Wildman–Crippen MR) is 138 cm³/mol. The Morgan fingerprint density at radius 3 is 0.800 bits per heavy atom. The van der Waals surface area contributed by atoms with Crippen LogP contribution in [0, 0.1) is 0 Å². The van der Waals surface area contributed by atoms with Crippen LogP contribution in [0.15, 0.2) is 164 Å². The molecule has 6 aromatic carbocycles. The fraction of sp³-hybridized carbons (Fsp3) is 0.0625. The molecule has 0 saturated heterocycles. The molecule has 6 aromatic rings. The van der Waals surface area contributed by atoms with Crippen molar-refractivity contribution in [3.8, 4) is 0 Å². The van der Waals surface area contributed by atoms with E-state index in [1.54, 1.807) is 0 Å². The van der Waals surface area contributed by atoms with Crippen molar-refractivity contribution in [2.45, 2.75) is 12.3 Å². The zero-order valence-corrected chi connectivity index (χ0v) is 23.0. The third-order valence-corrected chi connectivity index (χ3v) is 5.39. The van der Waals surface area contributed by atoms with Gasteiger partial charge in [-0.05, 0) is 0 Å². The molecule has 0 amide bonds. The van der Waals surface area contributed by atoms with Gasteiger partial charge in [0.05, 0.1) is 0 Å². The Hall–Kier alpha value is -2.34. The molecule has 0 saturated carbocycles. The van der Waals surface area contributed by atoms with Gasteiger partial charge in [0, 0.05) is 51.2 Å². The SMILES string of the molecule is CC([c-]1cccc1)([c-]1cccc1)[c-]1cccc1.[Fe].[Fe].[Fe].[cH-]1[cH-][cH-][cH-][cH-]1.c1cc[cH-]c1.c1cc[cH-]c1. The van der Waals surface area contributed by atoms with E-state index in [9.17, 15) is 0 Å². The van der Waals surface area contributed by atoms with E-state index in [0.29, 0.717) is 0 Å². The molecular formula is C32H30Fe3-10. The first-order valence-electron chi connectivity index (χ1n) is 11.0. The molecule has 3 heteroatoms. The Balaban J connectivity index is 0.000000529. The van der Waals surface area contributed by atoms with E-state index in [-0.39, 0.29) is 56.6 Å². The molecule has 192 valence electrons. The minimum Gasteiger partial charge on any atom is -0.748 e. The molecule has 0 aliphatic carbocycles. The van der Waals surface area contributed by atoms with Crippen molar-refractivity contribution in [2.75, 3.05) is 0 Å². The van der Waals surface area contributed by atoms with Crippen LogP contribution in [0.1, 0.15) is 23.6 Å². The van der Waals surface area contributed by atoms with Gasteiger partial charge in [0.2, 0.25) is 0 Å². The molecule has 0 radical (unpaired) electrons. The van der Waals surface area contributed by atoms with Crippen LogP contribution in [0.5, 0.6) is 0 Å². The van der Waals surface area contributed by atoms with E-state index < -0.39 is 0 Å². The molecule has 0 unspecified atom stereocenters. The fourth-order valence-electron chi connectivity index (χ4n) is 3.58. The second kappa shape index (κ2) is 18.9. The topological polar surface area (TPSA) is 0 Å².